The molecule has 0 bridgehead atoms. The van der Waals surface area contributed by atoms with E-state index in [0.29, 0.717) is 46.4 Å². The van der Waals surface area contributed by atoms with Crippen molar-refractivity contribution in [1.82, 2.24) is 0 Å². The molecule has 1 aromatic carbocycles. The number of ether oxygens (including phenoxy) is 2. The lowest BCUT2D eigenvalue weighted by Gasteiger charge is -2.36. The fourth-order valence-corrected chi connectivity index (χ4v) is 3.25. The third kappa shape index (κ3) is 4.26. The standard InChI is InChI=1S/C16H22Cl2O3/c1-3-20-11-5-10(6-11)7-15(19)12-8-14(18)16(21-4-2)9-13(12)17/h8-11,15,19H,3-7H2,1-2H3. The normalized spacial score (nSPS) is 22.7. The summed E-state index contributed by atoms with van der Waals surface area (Å²) in [6, 6.07) is 3.38. The Bertz CT molecular complexity index is 473. The van der Waals surface area contributed by atoms with E-state index in [1.165, 1.54) is 0 Å². The fraction of sp³-hybridized carbons (Fsp3) is 0.625. The van der Waals surface area contributed by atoms with E-state index >= 15 is 0 Å². The van der Waals surface area contributed by atoms with Gasteiger partial charge >= 0.3 is 0 Å². The first-order valence-electron chi connectivity index (χ1n) is 7.46. The predicted molar refractivity (Wildman–Crippen MR) is 85.3 cm³/mol. The number of hydrogen-bond acceptors (Lipinski definition) is 3. The Morgan fingerprint density at radius 1 is 1.19 bits per heavy atom. The third-order valence-electron chi connectivity index (χ3n) is 3.86. The van der Waals surface area contributed by atoms with Crippen molar-refractivity contribution >= 4 is 23.2 Å². The van der Waals surface area contributed by atoms with Gasteiger partial charge in [-0.2, -0.15) is 0 Å². The molecule has 1 aromatic rings. The van der Waals surface area contributed by atoms with E-state index in [-0.39, 0.29) is 0 Å². The first-order chi connectivity index (χ1) is 10.0. The SMILES string of the molecule is CCOc1cc(Cl)c(C(O)CC2CC(OCC)C2)cc1Cl. The molecule has 2 rings (SSSR count). The highest BCUT2D eigenvalue weighted by Gasteiger charge is 2.31. The van der Waals surface area contributed by atoms with Crippen LogP contribution in [-0.2, 0) is 4.74 Å². The van der Waals surface area contributed by atoms with Gasteiger partial charge in [0.1, 0.15) is 5.75 Å². The summed E-state index contributed by atoms with van der Waals surface area (Å²) < 4.78 is 10.9. The fourth-order valence-electron chi connectivity index (χ4n) is 2.75. The average molecular weight is 333 g/mol. The van der Waals surface area contributed by atoms with E-state index < -0.39 is 6.10 Å². The highest BCUT2D eigenvalue weighted by Crippen LogP contribution is 2.40. The first-order valence-corrected chi connectivity index (χ1v) is 8.22. The van der Waals surface area contributed by atoms with Crippen LogP contribution >= 0.6 is 23.2 Å². The zero-order valence-electron chi connectivity index (χ0n) is 12.4. The molecule has 21 heavy (non-hydrogen) atoms. The molecule has 0 heterocycles. The molecule has 1 unspecified atom stereocenters. The van der Waals surface area contributed by atoms with Crippen molar-refractivity contribution in [3.8, 4) is 5.75 Å². The minimum absolute atomic E-state index is 0.353. The maximum Gasteiger partial charge on any atom is 0.139 e. The predicted octanol–water partition coefficient (Wildman–Crippen LogP) is 4.63. The molecule has 0 radical (unpaired) electrons. The van der Waals surface area contributed by atoms with E-state index in [2.05, 4.69) is 0 Å². The van der Waals surface area contributed by atoms with Crippen molar-refractivity contribution in [2.45, 2.75) is 45.3 Å². The number of benzene rings is 1. The van der Waals surface area contributed by atoms with Crippen molar-refractivity contribution in [3.63, 3.8) is 0 Å². The Morgan fingerprint density at radius 3 is 2.52 bits per heavy atom. The van der Waals surface area contributed by atoms with Gasteiger partial charge in [-0.3, -0.25) is 0 Å². The second-order valence-corrected chi connectivity index (χ2v) is 6.22. The molecule has 1 aliphatic carbocycles. The molecular formula is C16H22Cl2O3. The van der Waals surface area contributed by atoms with Crippen LogP contribution in [0.25, 0.3) is 0 Å². The zero-order valence-corrected chi connectivity index (χ0v) is 14.0. The van der Waals surface area contributed by atoms with Crippen LogP contribution in [0.1, 0.15) is 44.8 Å². The number of hydrogen-bond donors (Lipinski definition) is 1. The molecule has 1 aliphatic rings. The summed E-state index contributed by atoms with van der Waals surface area (Å²) in [7, 11) is 0. The van der Waals surface area contributed by atoms with Gasteiger partial charge in [0.2, 0.25) is 0 Å². The maximum atomic E-state index is 10.4. The summed E-state index contributed by atoms with van der Waals surface area (Å²) in [5.74, 6) is 1.04. The Kier molecular flexibility index (Phi) is 6.18. The molecule has 0 amide bonds. The van der Waals surface area contributed by atoms with Crippen LogP contribution < -0.4 is 4.74 Å². The van der Waals surface area contributed by atoms with Gasteiger partial charge in [-0.25, -0.2) is 0 Å². The summed E-state index contributed by atoms with van der Waals surface area (Å²) in [6.45, 7) is 5.17. The topological polar surface area (TPSA) is 38.7 Å². The molecule has 118 valence electrons. The molecule has 0 saturated heterocycles. The number of aliphatic hydroxyl groups excluding tert-OH is 1. The van der Waals surface area contributed by atoms with Crippen LogP contribution in [0.5, 0.6) is 5.75 Å². The van der Waals surface area contributed by atoms with Crippen molar-refractivity contribution in [2.24, 2.45) is 5.92 Å². The highest BCUT2D eigenvalue weighted by atomic mass is 35.5. The van der Waals surface area contributed by atoms with Gasteiger partial charge in [-0.1, -0.05) is 23.2 Å². The van der Waals surface area contributed by atoms with E-state index in [0.717, 1.165) is 19.4 Å². The van der Waals surface area contributed by atoms with Crippen molar-refractivity contribution in [3.05, 3.63) is 27.7 Å². The van der Waals surface area contributed by atoms with Gasteiger partial charge in [-0.05, 0) is 45.1 Å². The lowest BCUT2D eigenvalue weighted by atomic mass is 9.78. The van der Waals surface area contributed by atoms with Gasteiger partial charge in [0.25, 0.3) is 0 Å². The molecule has 1 N–H and O–H groups in total. The molecule has 0 aromatic heterocycles. The van der Waals surface area contributed by atoms with E-state index in [1.807, 2.05) is 13.8 Å². The number of rotatable bonds is 7. The Labute approximate surface area is 136 Å². The largest absolute Gasteiger partial charge is 0.492 e. The van der Waals surface area contributed by atoms with Crippen LogP contribution in [0.2, 0.25) is 10.0 Å². The average Bonchev–Trinajstić information content (AvgIpc) is 2.40. The molecule has 1 fully saturated rings. The van der Waals surface area contributed by atoms with Crippen molar-refractivity contribution in [2.75, 3.05) is 13.2 Å². The van der Waals surface area contributed by atoms with Gasteiger partial charge in [0.05, 0.1) is 28.9 Å². The second-order valence-electron chi connectivity index (χ2n) is 5.40. The van der Waals surface area contributed by atoms with Crippen molar-refractivity contribution in [1.29, 1.82) is 0 Å². The van der Waals surface area contributed by atoms with Gasteiger partial charge in [0.15, 0.2) is 0 Å². The third-order valence-corrected chi connectivity index (χ3v) is 4.48. The number of halogens is 2. The lowest BCUT2D eigenvalue weighted by Crippen LogP contribution is -2.32. The first kappa shape index (κ1) is 16.9. The van der Waals surface area contributed by atoms with Gasteiger partial charge < -0.3 is 14.6 Å². The van der Waals surface area contributed by atoms with Crippen molar-refractivity contribution < 1.29 is 14.6 Å². The smallest absolute Gasteiger partial charge is 0.139 e. The minimum atomic E-state index is -0.599. The summed E-state index contributed by atoms with van der Waals surface area (Å²) in [5, 5.41) is 11.4. The van der Waals surface area contributed by atoms with Crippen LogP contribution in [0.4, 0.5) is 0 Å². The van der Waals surface area contributed by atoms with Crippen LogP contribution in [-0.4, -0.2) is 24.4 Å². The Hall–Kier alpha value is -0.480. The lowest BCUT2D eigenvalue weighted by molar-refractivity contribution is -0.0380. The number of aliphatic hydroxyl groups is 1. The van der Waals surface area contributed by atoms with E-state index in [4.69, 9.17) is 32.7 Å². The summed E-state index contributed by atoms with van der Waals surface area (Å²) in [5.41, 5.74) is 0.671. The van der Waals surface area contributed by atoms with Crippen LogP contribution in [0.15, 0.2) is 12.1 Å². The zero-order chi connectivity index (χ0) is 15.4. The molecule has 1 saturated carbocycles. The van der Waals surface area contributed by atoms with E-state index in [1.54, 1.807) is 12.1 Å². The van der Waals surface area contributed by atoms with Crippen LogP contribution in [0.3, 0.4) is 0 Å². The van der Waals surface area contributed by atoms with Gasteiger partial charge in [0, 0.05) is 18.2 Å². The molecule has 0 spiro atoms. The molecule has 0 aliphatic heterocycles. The highest BCUT2D eigenvalue weighted by molar-refractivity contribution is 6.34. The van der Waals surface area contributed by atoms with Crippen LogP contribution in [0, 0.1) is 5.92 Å². The van der Waals surface area contributed by atoms with E-state index in [9.17, 15) is 5.11 Å². The quantitative estimate of drug-likeness (QED) is 0.791. The maximum absolute atomic E-state index is 10.4. The minimum Gasteiger partial charge on any atom is -0.492 e. The summed E-state index contributed by atoms with van der Waals surface area (Å²) in [4.78, 5) is 0. The summed E-state index contributed by atoms with van der Waals surface area (Å²) >= 11 is 12.4. The monoisotopic (exact) mass is 332 g/mol. The van der Waals surface area contributed by atoms with Gasteiger partial charge in [-0.15, -0.1) is 0 Å². The molecule has 3 nitrogen and oxygen atoms in total. The molecular weight excluding hydrogens is 311 g/mol. The Balaban J connectivity index is 1.96. The summed E-state index contributed by atoms with van der Waals surface area (Å²) in [6.07, 6.45) is 2.46. The molecule has 1 atom stereocenters. The Morgan fingerprint density at radius 2 is 1.90 bits per heavy atom. The molecule has 5 heteroatoms. The second kappa shape index (κ2) is 7.68.